The summed E-state index contributed by atoms with van der Waals surface area (Å²) >= 11 is 0. The van der Waals surface area contributed by atoms with Gasteiger partial charge in [-0.2, -0.15) is 0 Å². The standard InChI is InChI=1S/C34H32N4O4/c1-22-5-12-27(13-6-22)42-28-16-18-35-30(20-28)32(39)37-29-14-10-23-7-8-24(19-31(23)38(4)33(29)40)25-9-11-26(36-21-25)15-17-34(2,3)41/h5-9,11-13,16,18-21,29,41H,10,14H2,1-4H3,(H,37,39). The Bertz CT molecular complexity index is 1680. The fourth-order valence-electron chi connectivity index (χ4n) is 4.61. The number of pyridine rings is 2. The molecule has 0 saturated carbocycles. The van der Waals surface area contributed by atoms with Gasteiger partial charge in [0, 0.05) is 36.8 Å². The van der Waals surface area contributed by atoms with Crippen LogP contribution >= 0.6 is 0 Å². The first-order valence-corrected chi connectivity index (χ1v) is 13.7. The summed E-state index contributed by atoms with van der Waals surface area (Å²) in [5, 5.41) is 12.7. The van der Waals surface area contributed by atoms with Crippen molar-refractivity contribution in [3.8, 4) is 34.5 Å². The van der Waals surface area contributed by atoms with Crippen LogP contribution in [0.25, 0.3) is 11.1 Å². The zero-order chi connectivity index (χ0) is 29.9. The van der Waals surface area contributed by atoms with Gasteiger partial charge in [-0.3, -0.25) is 14.6 Å². The summed E-state index contributed by atoms with van der Waals surface area (Å²) in [5.41, 5.74) is 4.33. The van der Waals surface area contributed by atoms with Crippen molar-refractivity contribution in [2.24, 2.45) is 0 Å². The molecule has 212 valence electrons. The van der Waals surface area contributed by atoms with Crippen LogP contribution in [0.15, 0.2) is 79.1 Å². The summed E-state index contributed by atoms with van der Waals surface area (Å²) in [7, 11) is 1.72. The second-order valence-corrected chi connectivity index (χ2v) is 10.8. The van der Waals surface area contributed by atoms with Gasteiger partial charge < -0.3 is 20.1 Å². The van der Waals surface area contributed by atoms with E-state index in [9.17, 15) is 14.7 Å². The van der Waals surface area contributed by atoms with Crippen molar-refractivity contribution in [3.63, 3.8) is 0 Å². The normalized spacial score (nSPS) is 14.7. The number of amides is 2. The number of fused-ring (bicyclic) bond motifs is 1. The number of hydrogen-bond donors (Lipinski definition) is 2. The molecule has 42 heavy (non-hydrogen) atoms. The Hall–Kier alpha value is -5.00. The predicted octanol–water partition coefficient (Wildman–Crippen LogP) is 5.07. The zero-order valence-corrected chi connectivity index (χ0v) is 24.0. The smallest absolute Gasteiger partial charge is 0.270 e. The van der Waals surface area contributed by atoms with E-state index in [0.717, 1.165) is 27.9 Å². The third-order valence-electron chi connectivity index (χ3n) is 6.90. The van der Waals surface area contributed by atoms with Crippen LogP contribution in [0.4, 0.5) is 5.69 Å². The molecule has 5 rings (SSSR count). The first-order chi connectivity index (χ1) is 20.1. The molecule has 1 atom stereocenters. The topological polar surface area (TPSA) is 105 Å². The van der Waals surface area contributed by atoms with Crippen LogP contribution in [0, 0.1) is 18.8 Å². The maximum absolute atomic E-state index is 13.5. The molecular weight excluding hydrogens is 528 g/mol. The maximum atomic E-state index is 13.5. The molecule has 2 aromatic heterocycles. The van der Waals surface area contributed by atoms with Crippen LogP contribution in [0.1, 0.15) is 47.6 Å². The van der Waals surface area contributed by atoms with E-state index in [4.69, 9.17) is 4.74 Å². The molecule has 1 aliphatic rings. The monoisotopic (exact) mass is 560 g/mol. The minimum atomic E-state index is -1.09. The minimum absolute atomic E-state index is 0.169. The van der Waals surface area contributed by atoms with Gasteiger partial charge in [0.2, 0.25) is 5.91 Å². The highest BCUT2D eigenvalue weighted by atomic mass is 16.5. The van der Waals surface area contributed by atoms with Gasteiger partial charge in [0.25, 0.3) is 5.91 Å². The molecule has 8 nitrogen and oxygen atoms in total. The van der Waals surface area contributed by atoms with Crippen LogP contribution in [0.2, 0.25) is 0 Å². The third-order valence-corrected chi connectivity index (χ3v) is 6.90. The molecule has 8 heteroatoms. The number of aromatic nitrogens is 2. The molecule has 4 aromatic rings. The van der Waals surface area contributed by atoms with E-state index < -0.39 is 17.6 Å². The number of anilines is 1. The number of benzene rings is 2. The minimum Gasteiger partial charge on any atom is -0.457 e. The maximum Gasteiger partial charge on any atom is 0.270 e. The van der Waals surface area contributed by atoms with E-state index in [1.54, 1.807) is 50.2 Å². The lowest BCUT2D eigenvalue weighted by molar-refractivity contribution is -0.120. The quantitative estimate of drug-likeness (QED) is 0.330. The number of aryl methyl sites for hydroxylation is 2. The van der Waals surface area contributed by atoms with Gasteiger partial charge in [0.05, 0.1) is 0 Å². The number of nitrogens with zero attached hydrogens (tertiary/aromatic N) is 3. The van der Waals surface area contributed by atoms with Crippen LogP contribution in [-0.4, -0.2) is 45.6 Å². The van der Waals surface area contributed by atoms with Crippen molar-refractivity contribution < 1.29 is 19.4 Å². The number of rotatable bonds is 5. The lowest BCUT2D eigenvalue weighted by Gasteiger charge is -2.22. The van der Waals surface area contributed by atoms with Crippen LogP contribution in [-0.2, 0) is 11.2 Å². The molecule has 0 aliphatic carbocycles. The molecule has 3 heterocycles. The molecular formula is C34H32N4O4. The molecule has 0 saturated heterocycles. The zero-order valence-electron chi connectivity index (χ0n) is 24.0. The van der Waals surface area contributed by atoms with Crippen molar-refractivity contribution in [2.45, 2.75) is 45.3 Å². The van der Waals surface area contributed by atoms with Gasteiger partial charge in [-0.1, -0.05) is 41.8 Å². The van der Waals surface area contributed by atoms with Gasteiger partial charge in [-0.15, -0.1) is 0 Å². The molecule has 0 fully saturated rings. The van der Waals surface area contributed by atoms with Crippen molar-refractivity contribution in [1.29, 1.82) is 0 Å². The Morgan fingerprint density at radius 3 is 2.50 bits per heavy atom. The molecule has 0 spiro atoms. The SMILES string of the molecule is Cc1ccc(Oc2ccnc(C(=O)NC3CCc4ccc(-c5ccc(C#CC(C)(C)O)nc5)cc4N(C)C3=O)c2)cc1. The van der Waals surface area contributed by atoms with E-state index >= 15 is 0 Å². The number of ether oxygens (including phenoxy) is 1. The highest BCUT2D eigenvalue weighted by Crippen LogP contribution is 2.31. The number of nitrogens with one attached hydrogen (secondary N) is 1. The molecule has 0 bridgehead atoms. The summed E-state index contributed by atoms with van der Waals surface area (Å²) in [6, 6.07) is 19.8. The second-order valence-electron chi connectivity index (χ2n) is 10.8. The average Bonchev–Trinajstić information content (AvgIpc) is 3.09. The van der Waals surface area contributed by atoms with Crippen LogP contribution in [0.5, 0.6) is 11.5 Å². The Labute approximate surface area is 245 Å². The highest BCUT2D eigenvalue weighted by Gasteiger charge is 2.30. The number of likely N-dealkylation sites (N-methyl/N-ethyl adjacent to an activating group) is 1. The number of aliphatic hydroxyl groups is 1. The Balaban J connectivity index is 1.29. The van der Waals surface area contributed by atoms with Gasteiger partial charge >= 0.3 is 0 Å². The first kappa shape index (κ1) is 28.5. The van der Waals surface area contributed by atoms with E-state index in [1.807, 2.05) is 55.5 Å². The van der Waals surface area contributed by atoms with E-state index in [2.05, 4.69) is 27.1 Å². The summed E-state index contributed by atoms with van der Waals surface area (Å²) in [4.78, 5) is 36.8. The molecule has 2 N–H and O–H groups in total. The lowest BCUT2D eigenvalue weighted by Crippen LogP contribution is -2.46. The summed E-state index contributed by atoms with van der Waals surface area (Å²) in [6.45, 7) is 5.24. The van der Waals surface area contributed by atoms with Crippen molar-refractivity contribution >= 4 is 17.5 Å². The first-order valence-electron chi connectivity index (χ1n) is 13.7. The number of carbonyl (C=O) groups excluding carboxylic acids is 2. The highest BCUT2D eigenvalue weighted by molar-refractivity contribution is 6.02. The Morgan fingerprint density at radius 1 is 1.02 bits per heavy atom. The van der Waals surface area contributed by atoms with Crippen molar-refractivity contribution in [2.75, 3.05) is 11.9 Å². The van der Waals surface area contributed by atoms with Gasteiger partial charge in [-0.05, 0) is 81.0 Å². The number of carbonyl (C=O) groups is 2. The van der Waals surface area contributed by atoms with Gasteiger partial charge in [0.15, 0.2) is 0 Å². The summed E-state index contributed by atoms with van der Waals surface area (Å²) in [5.74, 6) is 6.12. The average molecular weight is 561 g/mol. The molecule has 1 unspecified atom stereocenters. The van der Waals surface area contributed by atoms with Gasteiger partial charge in [0.1, 0.15) is 34.5 Å². The summed E-state index contributed by atoms with van der Waals surface area (Å²) < 4.78 is 5.88. The fourth-order valence-corrected chi connectivity index (χ4v) is 4.61. The largest absolute Gasteiger partial charge is 0.457 e. The summed E-state index contributed by atoms with van der Waals surface area (Å²) in [6.07, 6.45) is 4.31. The van der Waals surface area contributed by atoms with Crippen molar-refractivity contribution in [3.05, 3.63) is 102 Å². The second kappa shape index (κ2) is 11.9. The molecule has 2 aromatic carbocycles. The Morgan fingerprint density at radius 2 is 1.79 bits per heavy atom. The van der Waals surface area contributed by atoms with Gasteiger partial charge in [-0.25, -0.2) is 4.98 Å². The van der Waals surface area contributed by atoms with Crippen molar-refractivity contribution in [1.82, 2.24) is 15.3 Å². The molecule has 2 amide bonds. The fraction of sp³-hybridized carbons (Fsp3) is 0.235. The van der Waals surface area contributed by atoms with Crippen LogP contribution < -0.4 is 15.0 Å². The third kappa shape index (κ3) is 6.82. The van der Waals surface area contributed by atoms with E-state index in [-0.39, 0.29) is 11.6 Å². The van der Waals surface area contributed by atoms with Crippen LogP contribution in [0.3, 0.4) is 0 Å². The van der Waals surface area contributed by atoms with E-state index in [1.165, 1.54) is 6.20 Å². The predicted molar refractivity (Wildman–Crippen MR) is 161 cm³/mol. The molecule has 0 radical (unpaired) electrons. The Kier molecular flexibility index (Phi) is 8.05. The number of hydrogen-bond acceptors (Lipinski definition) is 6. The molecule has 1 aliphatic heterocycles. The lowest BCUT2D eigenvalue weighted by atomic mass is 10.0. The van der Waals surface area contributed by atoms with E-state index in [0.29, 0.717) is 30.0 Å².